The normalized spacial score (nSPS) is 45.8. The molecule has 3 nitrogen and oxygen atoms in total. The number of carbonyl (C=O) groups is 1. The van der Waals surface area contributed by atoms with Crippen molar-refractivity contribution in [1.29, 1.82) is 0 Å². The van der Waals surface area contributed by atoms with Crippen molar-refractivity contribution in [3.8, 4) is 0 Å². The van der Waals surface area contributed by atoms with Crippen molar-refractivity contribution >= 4 is 5.91 Å². The van der Waals surface area contributed by atoms with E-state index < -0.39 is 5.60 Å². The minimum atomic E-state index is -0.585. The van der Waals surface area contributed by atoms with Gasteiger partial charge in [0.05, 0.1) is 5.60 Å². The summed E-state index contributed by atoms with van der Waals surface area (Å²) in [7, 11) is 0. The fraction of sp³-hybridized carbons (Fsp3) is 0.938. The summed E-state index contributed by atoms with van der Waals surface area (Å²) in [6.07, 6.45) is 10.3. The molecule has 2 N–H and O–H groups in total. The summed E-state index contributed by atoms with van der Waals surface area (Å²) >= 11 is 0. The van der Waals surface area contributed by atoms with Crippen molar-refractivity contribution in [3.63, 3.8) is 0 Å². The highest BCUT2D eigenvalue weighted by molar-refractivity contribution is 5.83. The zero-order valence-corrected chi connectivity index (χ0v) is 11.7. The zero-order chi connectivity index (χ0) is 13.1. The number of hydrogen-bond donors (Lipinski definition) is 2. The minimum Gasteiger partial charge on any atom is -0.388 e. The van der Waals surface area contributed by atoms with Crippen LogP contribution in [0.25, 0.3) is 0 Å². The highest BCUT2D eigenvalue weighted by atomic mass is 16.3. The van der Waals surface area contributed by atoms with Crippen molar-refractivity contribution < 1.29 is 9.90 Å². The van der Waals surface area contributed by atoms with E-state index in [0.29, 0.717) is 6.54 Å². The van der Waals surface area contributed by atoms with Crippen molar-refractivity contribution in [2.45, 2.75) is 63.4 Å². The maximum atomic E-state index is 12.7. The number of amides is 1. The van der Waals surface area contributed by atoms with Crippen LogP contribution in [0.5, 0.6) is 0 Å². The highest BCUT2D eigenvalue weighted by Crippen LogP contribution is 2.60. The van der Waals surface area contributed by atoms with Gasteiger partial charge >= 0.3 is 0 Å². The Morgan fingerprint density at radius 3 is 2.00 bits per heavy atom. The molecule has 3 heteroatoms. The van der Waals surface area contributed by atoms with Gasteiger partial charge in [0, 0.05) is 12.0 Å². The Labute approximate surface area is 115 Å². The van der Waals surface area contributed by atoms with E-state index in [0.717, 1.165) is 56.3 Å². The molecule has 0 atom stereocenters. The molecule has 0 aromatic heterocycles. The first-order valence-electron chi connectivity index (χ1n) is 8.08. The van der Waals surface area contributed by atoms with Crippen LogP contribution in [0, 0.1) is 23.2 Å². The number of rotatable bonds is 3. The molecule has 106 valence electrons. The summed E-state index contributed by atoms with van der Waals surface area (Å²) in [5.41, 5.74) is -0.646. The molecule has 5 aliphatic rings. The van der Waals surface area contributed by atoms with E-state index in [1.54, 1.807) is 0 Å². The smallest absolute Gasteiger partial charge is 0.226 e. The third-order valence-corrected chi connectivity index (χ3v) is 6.38. The molecule has 0 unspecified atom stereocenters. The second-order valence-electron chi connectivity index (χ2n) is 7.96. The second kappa shape index (κ2) is 3.97. The Balaban J connectivity index is 1.44. The van der Waals surface area contributed by atoms with Crippen molar-refractivity contribution in [2.24, 2.45) is 23.2 Å². The molecular weight excluding hydrogens is 238 g/mol. The van der Waals surface area contributed by atoms with Gasteiger partial charge in [-0.05, 0) is 75.5 Å². The van der Waals surface area contributed by atoms with Gasteiger partial charge in [-0.3, -0.25) is 4.79 Å². The topological polar surface area (TPSA) is 49.3 Å². The summed E-state index contributed by atoms with van der Waals surface area (Å²) in [6.45, 7) is 0.480. The molecule has 4 bridgehead atoms. The van der Waals surface area contributed by atoms with Crippen LogP contribution in [0.2, 0.25) is 0 Å². The Kier molecular flexibility index (Phi) is 2.55. The first-order chi connectivity index (χ1) is 9.07. The van der Waals surface area contributed by atoms with Gasteiger partial charge in [-0.25, -0.2) is 0 Å². The van der Waals surface area contributed by atoms with Crippen LogP contribution in [-0.2, 0) is 4.79 Å². The lowest BCUT2D eigenvalue weighted by Crippen LogP contribution is -2.56. The molecule has 5 aliphatic carbocycles. The van der Waals surface area contributed by atoms with Crippen LogP contribution >= 0.6 is 0 Å². The largest absolute Gasteiger partial charge is 0.388 e. The number of carbonyl (C=O) groups excluding carboxylic acids is 1. The minimum absolute atomic E-state index is 0.0607. The Morgan fingerprint density at radius 1 is 1.05 bits per heavy atom. The third-order valence-electron chi connectivity index (χ3n) is 6.38. The molecule has 5 saturated carbocycles. The average molecular weight is 263 g/mol. The average Bonchev–Trinajstić information content (AvgIpc) is 2.32. The molecule has 0 aromatic rings. The lowest BCUT2D eigenvalue weighted by Gasteiger charge is -2.55. The standard InChI is InChI=1S/C16H25NO2/c18-14(17-10-16(19)2-1-3-16)15-7-11-4-12(8-15)6-13(5-11)9-15/h11-13,19H,1-10H2,(H,17,18). The van der Waals surface area contributed by atoms with E-state index in [-0.39, 0.29) is 11.3 Å². The molecular formula is C16H25NO2. The van der Waals surface area contributed by atoms with E-state index >= 15 is 0 Å². The van der Waals surface area contributed by atoms with Crippen molar-refractivity contribution in [2.75, 3.05) is 6.54 Å². The molecule has 0 saturated heterocycles. The van der Waals surface area contributed by atoms with Gasteiger partial charge in [0.15, 0.2) is 0 Å². The molecule has 19 heavy (non-hydrogen) atoms. The van der Waals surface area contributed by atoms with Crippen LogP contribution < -0.4 is 5.32 Å². The highest BCUT2D eigenvalue weighted by Gasteiger charge is 2.54. The molecule has 0 radical (unpaired) electrons. The van der Waals surface area contributed by atoms with Gasteiger partial charge in [0.1, 0.15) is 0 Å². The Morgan fingerprint density at radius 2 is 1.58 bits per heavy atom. The number of hydrogen-bond acceptors (Lipinski definition) is 2. The predicted octanol–water partition coefficient (Wildman–Crippen LogP) is 2.23. The van der Waals surface area contributed by atoms with Gasteiger partial charge in [-0.1, -0.05) is 0 Å². The molecule has 0 spiro atoms. The first-order valence-corrected chi connectivity index (χ1v) is 8.08. The predicted molar refractivity (Wildman–Crippen MR) is 72.4 cm³/mol. The lowest BCUT2D eigenvalue weighted by molar-refractivity contribution is -0.148. The van der Waals surface area contributed by atoms with E-state index in [1.807, 2.05) is 0 Å². The molecule has 0 aliphatic heterocycles. The van der Waals surface area contributed by atoms with Crippen LogP contribution in [0.1, 0.15) is 57.8 Å². The quantitative estimate of drug-likeness (QED) is 0.820. The monoisotopic (exact) mass is 263 g/mol. The van der Waals surface area contributed by atoms with E-state index in [2.05, 4.69) is 5.32 Å². The zero-order valence-electron chi connectivity index (χ0n) is 11.7. The van der Waals surface area contributed by atoms with Gasteiger partial charge < -0.3 is 10.4 Å². The van der Waals surface area contributed by atoms with Gasteiger partial charge in [0.25, 0.3) is 0 Å². The fourth-order valence-electron chi connectivity index (χ4n) is 5.58. The number of aliphatic hydroxyl groups is 1. The Bertz CT molecular complexity index is 364. The number of nitrogens with one attached hydrogen (secondary N) is 1. The van der Waals surface area contributed by atoms with E-state index in [9.17, 15) is 9.90 Å². The molecule has 0 heterocycles. The molecule has 5 fully saturated rings. The van der Waals surface area contributed by atoms with Crippen molar-refractivity contribution in [1.82, 2.24) is 5.32 Å². The lowest BCUT2D eigenvalue weighted by atomic mass is 9.49. The second-order valence-corrected chi connectivity index (χ2v) is 7.96. The van der Waals surface area contributed by atoms with E-state index in [1.165, 1.54) is 19.3 Å². The SMILES string of the molecule is O=C(NCC1(O)CCC1)C12CC3CC(CC(C3)C1)C2. The van der Waals surface area contributed by atoms with Crippen molar-refractivity contribution in [3.05, 3.63) is 0 Å². The van der Waals surface area contributed by atoms with Crippen LogP contribution in [0.3, 0.4) is 0 Å². The molecule has 0 aromatic carbocycles. The molecule has 5 rings (SSSR count). The van der Waals surface area contributed by atoms with Crippen LogP contribution in [0.4, 0.5) is 0 Å². The summed E-state index contributed by atoms with van der Waals surface area (Å²) in [4.78, 5) is 12.7. The summed E-state index contributed by atoms with van der Waals surface area (Å²) < 4.78 is 0. The van der Waals surface area contributed by atoms with E-state index in [4.69, 9.17) is 0 Å². The van der Waals surface area contributed by atoms with Gasteiger partial charge in [-0.2, -0.15) is 0 Å². The van der Waals surface area contributed by atoms with Crippen LogP contribution in [0.15, 0.2) is 0 Å². The maximum absolute atomic E-state index is 12.7. The fourth-order valence-corrected chi connectivity index (χ4v) is 5.58. The third kappa shape index (κ3) is 1.93. The first kappa shape index (κ1) is 12.2. The maximum Gasteiger partial charge on any atom is 0.226 e. The summed E-state index contributed by atoms with van der Waals surface area (Å²) in [6, 6.07) is 0. The Hall–Kier alpha value is -0.570. The van der Waals surface area contributed by atoms with Crippen LogP contribution in [-0.4, -0.2) is 23.2 Å². The summed E-state index contributed by atoms with van der Waals surface area (Å²) in [5.74, 6) is 2.68. The van der Waals surface area contributed by atoms with Gasteiger partial charge in [0.2, 0.25) is 5.91 Å². The van der Waals surface area contributed by atoms with Gasteiger partial charge in [-0.15, -0.1) is 0 Å². The molecule has 1 amide bonds. The summed E-state index contributed by atoms with van der Waals surface area (Å²) in [5, 5.41) is 13.2.